The molecule has 0 radical (unpaired) electrons. The summed E-state index contributed by atoms with van der Waals surface area (Å²) >= 11 is 0. The van der Waals surface area contributed by atoms with Crippen LogP contribution in [0, 0.1) is 11.8 Å². The average Bonchev–Trinajstić information content (AvgIpc) is 1.87. The number of nitrogens with two attached hydrogens (primary N) is 1. The van der Waals surface area contributed by atoms with Gasteiger partial charge in [0.1, 0.15) is 0 Å². The summed E-state index contributed by atoms with van der Waals surface area (Å²) in [7, 11) is 0. The predicted octanol–water partition coefficient (Wildman–Crippen LogP) is 1.08. The zero-order valence-electron chi connectivity index (χ0n) is 7.21. The minimum Gasteiger partial charge on any atom is -0.481 e. The monoisotopic (exact) mass is 159 g/mol. The van der Waals surface area contributed by atoms with Crippen molar-refractivity contribution < 1.29 is 9.90 Å². The van der Waals surface area contributed by atoms with Crippen molar-refractivity contribution in [1.29, 1.82) is 0 Å². The van der Waals surface area contributed by atoms with Gasteiger partial charge in [-0.1, -0.05) is 20.3 Å². The summed E-state index contributed by atoms with van der Waals surface area (Å²) < 4.78 is 0. The molecule has 11 heavy (non-hydrogen) atoms. The van der Waals surface area contributed by atoms with Crippen LogP contribution in [0.2, 0.25) is 0 Å². The van der Waals surface area contributed by atoms with Crippen LogP contribution in [0.5, 0.6) is 0 Å². The summed E-state index contributed by atoms with van der Waals surface area (Å²) in [6, 6.07) is 0. The van der Waals surface area contributed by atoms with Crippen molar-refractivity contribution in [2.24, 2.45) is 17.6 Å². The highest BCUT2D eigenvalue weighted by Crippen LogP contribution is 2.10. The minimum atomic E-state index is -0.770. The molecule has 0 spiro atoms. The van der Waals surface area contributed by atoms with E-state index < -0.39 is 5.97 Å². The molecule has 0 fully saturated rings. The molecule has 0 amide bonds. The van der Waals surface area contributed by atoms with Crippen molar-refractivity contribution in [3.63, 3.8) is 0 Å². The Balaban J connectivity index is 3.61. The second kappa shape index (κ2) is 5.13. The molecule has 0 bridgehead atoms. The van der Waals surface area contributed by atoms with Gasteiger partial charge in [-0.05, 0) is 12.3 Å². The fourth-order valence-corrected chi connectivity index (χ4v) is 0.877. The Kier molecular flexibility index (Phi) is 4.86. The van der Waals surface area contributed by atoms with E-state index >= 15 is 0 Å². The van der Waals surface area contributed by atoms with Gasteiger partial charge in [0.15, 0.2) is 0 Å². The maximum absolute atomic E-state index is 10.5. The van der Waals surface area contributed by atoms with E-state index in [1.165, 1.54) is 0 Å². The fraction of sp³-hybridized carbons (Fsp3) is 0.875. The Hall–Kier alpha value is -0.570. The maximum atomic E-state index is 10.5. The predicted molar refractivity (Wildman–Crippen MR) is 44.3 cm³/mol. The summed E-state index contributed by atoms with van der Waals surface area (Å²) in [5, 5.41) is 8.61. The summed E-state index contributed by atoms with van der Waals surface area (Å²) in [5.41, 5.74) is 5.28. The molecule has 66 valence electrons. The lowest BCUT2D eigenvalue weighted by atomic mass is 9.98. The Labute approximate surface area is 67.6 Å². The van der Waals surface area contributed by atoms with E-state index in [2.05, 4.69) is 13.8 Å². The van der Waals surface area contributed by atoms with Gasteiger partial charge in [0.2, 0.25) is 0 Å². The molecule has 0 saturated heterocycles. The Bertz CT molecular complexity index is 123. The molecule has 0 unspecified atom stereocenters. The van der Waals surface area contributed by atoms with E-state index in [1.54, 1.807) is 0 Å². The van der Waals surface area contributed by atoms with Gasteiger partial charge in [0.05, 0.1) is 5.92 Å². The third-order valence-electron chi connectivity index (χ3n) is 1.73. The van der Waals surface area contributed by atoms with E-state index in [0.29, 0.717) is 12.3 Å². The molecule has 0 heterocycles. The van der Waals surface area contributed by atoms with Gasteiger partial charge in [0.25, 0.3) is 0 Å². The lowest BCUT2D eigenvalue weighted by molar-refractivity contribution is -0.141. The number of hydrogen-bond donors (Lipinski definition) is 2. The number of aliphatic carboxylic acids is 1. The third kappa shape index (κ3) is 4.79. The van der Waals surface area contributed by atoms with Crippen molar-refractivity contribution >= 4 is 5.97 Å². The maximum Gasteiger partial charge on any atom is 0.307 e. The molecule has 0 aliphatic carbocycles. The number of rotatable bonds is 5. The van der Waals surface area contributed by atoms with Gasteiger partial charge in [-0.2, -0.15) is 0 Å². The second-order valence-electron chi connectivity index (χ2n) is 3.24. The van der Waals surface area contributed by atoms with Gasteiger partial charge < -0.3 is 10.8 Å². The van der Waals surface area contributed by atoms with Gasteiger partial charge in [-0.15, -0.1) is 0 Å². The highest BCUT2D eigenvalue weighted by molar-refractivity contribution is 5.70. The minimum absolute atomic E-state index is 0.252. The van der Waals surface area contributed by atoms with Crippen LogP contribution < -0.4 is 5.73 Å². The molecule has 0 saturated carbocycles. The highest BCUT2D eigenvalue weighted by atomic mass is 16.4. The molecule has 1 atom stereocenters. The summed E-state index contributed by atoms with van der Waals surface area (Å²) in [5.74, 6) is -0.561. The number of carboxylic acid groups (broad SMARTS) is 1. The van der Waals surface area contributed by atoms with Crippen molar-refractivity contribution in [3.8, 4) is 0 Å². The topological polar surface area (TPSA) is 63.3 Å². The molecule has 0 rings (SSSR count). The molecule has 3 N–H and O–H groups in total. The quantitative estimate of drug-likeness (QED) is 0.631. The third-order valence-corrected chi connectivity index (χ3v) is 1.73. The summed E-state index contributed by atoms with van der Waals surface area (Å²) in [6.45, 7) is 4.41. The van der Waals surface area contributed by atoms with Crippen LogP contribution in [0.1, 0.15) is 26.7 Å². The molecular formula is C8H17NO2. The van der Waals surface area contributed by atoms with Gasteiger partial charge >= 0.3 is 5.97 Å². The van der Waals surface area contributed by atoms with Crippen molar-refractivity contribution in [3.05, 3.63) is 0 Å². The van der Waals surface area contributed by atoms with Crippen LogP contribution in [0.25, 0.3) is 0 Å². The summed E-state index contributed by atoms with van der Waals surface area (Å²) in [6.07, 6.45) is 1.64. The van der Waals surface area contributed by atoms with Crippen molar-refractivity contribution in [2.75, 3.05) is 6.54 Å². The lowest BCUT2D eigenvalue weighted by Gasteiger charge is -2.10. The zero-order chi connectivity index (χ0) is 8.85. The van der Waals surface area contributed by atoms with Crippen LogP contribution >= 0.6 is 0 Å². The first-order chi connectivity index (χ1) is 5.07. The SMILES string of the molecule is CC(C)CC[C@@H](CN)C(=O)O. The first-order valence-corrected chi connectivity index (χ1v) is 4.00. The largest absolute Gasteiger partial charge is 0.481 e. The van der Waals surface area contributed by atoms with Crippen LogP contribution in [0.3, 0.4) is 0 Å². The van der Waals surface area contributed by atoms with E-state index in [1.807, 2.05) is 0 Å². The van der Waals surface area contributed by atoms with Crippen molar-refractivity contribution in [2.45, 2.75) is 26.7 Å². The van der Waals surface area contributed by atoms with E-state index in [0.717, 1.165) is 6.42 Å². The van der Waals surface area contributed by atoms with Crippen LogP contribution in [0.4, 0.5) is 0 Å². The molecule has 3 heteroatoms. The first kappa shape index (κ1) is 10.4. The molecule has 3 nitrogen and oxygen atoms in total. The summed E-state index contributed by atoms with van der Waals surface area (Å²) in [4.78, 5) is 10.5. The molecular weight excluding hydrogens is 142 g/mol. The average molecular weight is 159 g/mol. The molecule has 0 aromatic carbocycles. The van der Waals surface area contributed by atoms with Gasteiger partial charge in [0, 0.05) is 6.54 Å². The highest BCUT2D eigenvalue weighted by Gasteiger charge is 2.14. The molecule has 0 aromatic rings. The standard InChI is InChI=1S/C8H17NO2/c1-6(2)3-4-7(5-9)8(10)11/h6-7H,3-5,9H2,1-2H3,(H,10,11)/t7-/m0/s1. The molecule has 0 aliphatic heterocycles. The second-order valence-corrected chi connectivity index (χ2v) is 3.24. The molecule has 0 aromatic heterocycles. The number of hydrogen-bond acceptors (Lipinski definition) is 2. The Morgan fingerprint density at radius 2 is 2.00 bits per heavy atom. The van der Waals surface area contributed by atoms with Crippen LogP contribution in [-0.2, 0) is 4.79 Å². The van der Waals surface area contributed by atoms with E-state index in [4.69, 9.17) is 10.8 Å². The van der Waals surface area contributed by atoms with Gasteiger partial charge in [-0.3, -0.25) is 4.79 Å². The zero-order valence-corrected chi connectivity index (χ0v) is 7.21. The number of carboxylic acids is 1. The Morgan fingerprint density at radius 1 is 1.45 bits per heavy atom. The van der Waals surface area contributed by atoms with Crippen molar-refractivity contribution in [1.82, 2.24) is 0 Å². The fourth-order valence-electron chi connectivity index (χ4n) is 0.877. The van der Waals surface area contributed by atoms with Gasteiger partial charge in [-0.25, -0.2) is 0 Å². The lowest BCUT2D eigenvalue weighted by Crippen LogP contribution is -2.23. The van der Waals surface area contributed by atoms with E-state index in [9.17, 15) is 4.79 Å². The first-order valence-electron chi connectivity index (χ1n) is 4.00. The number of carbonyl (C=O) groups is 1. The Morgan fingerprint density at radius 3 is 2.27 bits per heavy atom. The smallest absolute Gasteiger partial charge is 0.307 e. The van der Waals surface area contributed by atoms with E-state index in [-0.39, 0.29) is 12.5 Å². The normalized spacial score (nSPS) is 13.5. The van der Waals surface area contributed by atoms with Crippen LogP contribution in [-0.4, -0.2) is 17.6 Å². The molecule has 0 aliphatic rings. The van der Waals surface area contributed by atoms with Crippen LogP contribution in [0.15, 0.2) is 0 Å².